The fourth-order valence-electron chi connectivity index (χ4n) is 5.70. The number of rotatable bonds is 4. The Bertz CT molecular complexity index is 513. The Kier molecular flexibility index (Phi) is 6.76. The summed E-state index contributed by atoms with van der Waals surface area (Å²) in [5.41, 5.74) is 2.98. The first-order valence-corrected chi connectivity index (χ1v) is 10.5. The molecule has 3 rings (SSSR count). The van der Waals surface area contributed by atoms with Crippen molar-refractivity contribution in [3.8, 4) is 0 Å². The van der Waals surface area contributed by atoms with E-state index in [0.717, 1.165) is 75.8 Å². The summed E-state index contributed by atoms with van der Waals surface area (Å²) in [5, 5.41) is 37.0. The normalized spacial score (nSPS) is 40.8. The van der Waals surface area contributed by atoms with Crippen LogP contribution in [0.2, 0.25) is 0 Å². The smallest absolute Gasteiger partial charge is 0.0549 e. The fourth-order valence-corrected chi connectivity index (χ4v) is 5.70. The number of allylic oxidation sites excluding steroid dienone is 1. The Morgan fingerprint density at radius 1 is 1.04 bits per heavy atom. The number of hydrogen-bond acceptors (Lipinski definition) is 5. The van der Waals surface area contributed by atoms with Gasteiger partial charge in [-0.1, -0.05) is 30.9 Å². The molecule has 0 radical (unpaired) electrons. The van der Waals surface area contributed by atoms with Crippen LogP contribution in [-0.4, -0.2) is 40.4 Å². The SMILES string of the molecule is C=NN([O-])C1CCCCC1/C(=C1/CCC(O)CC1C)C1CCC(O)CC1. The van der Waals surface area contributed by atoms with Crippen LogP contribution >= 0.6 is 0 Å². The Morgan fingerprint density at radius 2 is 1.73 bits per heavy atom. The molecule has 0 aromatic rings. The molecule has 0 amide bonds. The maximum absolute atomic E-state index is 12.4. The predicted molar refractivity (Wildman–Crippen MR) is 105 cm³/mol. The zero-order valence-corrected chi connectivity index (χ0v) is 16.1. The van der Waals surface area contributed by atoms with E-state index in [-0.39, 0.29) is 24.2 Å². The van der Waals surface area contributed by atoms with E-state index in [9.17, 15) is 15.4 Å². The maximum Gasteiger partial charge on any atom is 0.0549 e. The summed E-state index contributed by atoms with van der Waals surface area (Å²) in [7, 11) is 0. The number of aliphatic hydroxyl groups excluding tert-OH is 2. The third kappa shape index (κ3) is 4.32. The summed E-state index contributed by atoms with van der Waals surface area (Å²) in [5.74, 6) is 1.09. The lowest BCUT2D eigenvalue weighted by Crippen LogP contribution is -2.40. The monoisotopic (exact) mass is 363 g/mol. The molecule has 3 saturated carbocycles. The minimum Gasteiger partial charge on any atom is -0.742 e. The van der Waals surface area contributed by atoms with Gasteiger partial charge in [0.05, 0.1) is 12.2 Å². The Hall–Kier alpha value is -0.910. The van der Waals surface area contributed by atoms with Crippen LogP contribution in [0.1, 0.15) is 77.6 Å². The average molecular weight is 364 g/mol. The summed E-state index contributed by atoms with van der Waals surface area (Å²) >= 11 is 0. The summed E-state index contributed by atoms with van der Waals surface area (Å²) in [6, 6.07) is -0.102. The van der Waals surface area contributed by atoms with Gasteiger partial charge in [0.1, 0.15) is 0 Å². The number of hydroxylamine groups is 1. The van der Waals surface area contributed by atoms with Crippen molar-refractivity contribution >= 4 is 6.72 Å². The molecule has 3 aliphatic carbocycles. The molecule has 5 nitrogen and oxygen atoms in total. The highest BCUT2D eigenvalue weighted by molar-refractivity contribution is 5.27. The third-order valence-corrected chi connectivity index (χ3v) is 7.03. The minimum atomic E-state index is -0.198. The molecule has 4 unspecified atom stereocenters. The van der Waals surface area contributed by atoms with Crippen molar-refractivity contribution in [1.82, 2.24) is 5.17 Å². The van der Waals surface area contributed by atoms with Crippen LogP contribution in [0.25, 0.3) is 0 Å². The zero-order valence-electron chi connectivity index (χ0n) is 16.1. The third-order valence-electron chi connectivity index (χ3n) is 7.03. The first-order chi connectivity index (χ1) is 12.5. The molecule has 3 fully saturated rings. The number of hydrogen-bond donors (Lipinski definition) is 2. The van der Waals surface area contributed by atoms with Gasteiger partial charge < -0.3 is 20.6 Å². The second-order valence-electron chi connectivity index (χ2n) is 8.72. The van der Waals surface area contributed by atoms with E-state index in [1.165, 1.54) is 11.1 Å². The highest BCUT2D eigenvalue weighted by Crippen LogP contribution is 2.46. The molecule has 0 heterocycles. The minimum absolute atomic E-state index is 0.102. The molecule has 148 valence electrons. The van der Waals surface area contributed by atoms with Gasteiger partial charge in [0.25, 0.3) is 0 Å². The summed E-state index contributed by atoms with van der Waals surface area (Å²) in [4.78, 5) is 0. The molecule has 4 atom stereocenters. The van der Waals surface area contributed by atoms with E-state index in [1.54, 1.807) is 0 Å². The van der Waals surface area contributed by atoms with E-state index < -0.39 is 0 Å². The highest BCUT2D eigenvalue weighted by Gasteiger charge is 2.37. The molecular weight excluding hydrogens is 328 g/mol. The topological polar surface area (TPSA) is 79.1 Å². The van der Waals surface area contributed by atoms with Gasteiger partial charge in [0, 0.05) is 18.7 Å². The van der Waals surface area contributed by atoms with Crippen molar-refractivity contribution in [2.45, 2.75) is 95.8 Å². The molecule has 0 aromatic heterocycles. The van der Waals surface area contributed by atoms with Crippen LogP contribution in [0.3, 0.4) is 0 Å². The Balaban J connectivity index is 1.95. The lowest BCUT2D eigenvalue weighted by atomic mass is 9.66. The lowest BCUT2D eigenvalue weighted by Gasteiger charge is -2.47. The molecular formula is C21H35N2O3-. The van der Waals surface area contributed by atoms with E-state index in [4.69, 9.17) is 0 Å². The lowest BCUT2D eigenvalue weighted by molar-refractivity contribution is 0.101. The van der Waals surface area contributed by atoms with Crippen LogP contribution < -0.4 is 0 Å². The Morgan fingerprint density at radius 3 is 2.38 bits per heavy atom. The van der Waals surface area contributed by atoms with Crippen LogP contribution in [0.4, 0.5) is 0 Å². The van der Waals surface area contributed by atoms with Gasteiger partial charge >= 0.3 is 0 Å². The molecule has 0 aromatic carbocycles. The van der Waals surface area contributed by atoms with Gasteiger partial charge in [-0.25, -0.2) is 5.10 Å². The van der Waals surface area contributed by atoms with Gasteiger partial charge in [0.2, 0.25) is 0 Å². The largest absolute Gasteiger partial charge is 0.742 e. The Labute approximate surface area is 157 Å². The van der Waals surface area contributed by atoms with Gasteiger partial charge in [-0.05, 0) is 69.6 Å². The van der Waals surface area contributed by atoms with Crippen molar-refractivity contribution in [1.29, 1.82) is 0 Å². The van der Waals surface area contributed by atoms with Gasteiger partial charge in [-0.2, -0.15) is 0 Å². The first-order valence-electron chi connectivity index (χ1n) is 10.5. The van der Waals surface area contributed by atoms with Crippen LogP contribution in [-0.2, 0) is 0 Å². The molecule has 0 bridgehead atoms. The van der Waals surface area contributed by atoms with Gasteiger partial charge in [0.15, 0.2) is 0 Å². The fraction of sp³-hybridized carbons (Fsp3) is 0.857. The van der Waals surface area contributed by atoms with Crippen molar-refractivity contribution in [3.63, 3.8) is 0 Å². The number of hydrazone groups is 1. The summed E-state index contributed by atoms with van der Waals surface area (Å²) < 4.78 is 0. The average Bonchev–Trinajstić information content (AvgIpc) is 2.65. The van der Waals surface area contributed by atoms with Gasteiger partial charge in [-0.3, -0.25) is 0 Å². The summed E-state index contributed by atoms with van der Waals surface area (Å²) in [6.07, 6.45) is 10.1. The van der Waals surface area contributed by atoms with Crippen molar-refractivity contribution in [2.75, 3.05) is 0 Å². The molecule has 0 spiro atoms. The van der Waals surface area contributed by atoms with E-state index in [2.05, 4.69) is 18.7 Å². The van der Waals surface area contributed by atoms with Crippen LogP contribution in [0.5, 0.6) is 0 Å². The quantitative estimate of drug-likeness (QED) is 0.450. The zero-order chi connectivity index (χ0) is 18.7. The van der Waals surface area contributed by atoms with Crippen LogP contribution in [0, 0.1) is 23.0 Å². The molecule has 0 aliphatic heterocycles. The van der Waals surface area contributed by atoms with E-state index in [1.807, 2.05) is 0 Å². The van der Waals surface area contributed by atoms with Crippen molar-refractivity contribution in [3.05, 3.63) is 16.4 Å². The molecule has 3 aliphatic rings. The van der Waals surface area contributed by atoms with Crippen LogP contribution in [0.15, 0.2) is 16.2 Å². The van der Waals surface area contributed by atoms with Crippen molar-refractivity contribution in [2.24, 2.45) is 22.9 Å². The standard InChI is InChI=1S/C21H35N2O3/c1-14-13-17(25)11-12-18(14)21(15-7-9-16(24)10-8-15)19-5-3-4-6-20(19)23(26)22-2/h14-17,19-20,24-25H,2-13H2,1H3/q-1/b21-18-. The van der Waals surface area contributed by atoms with E-state index in [0.29, 0.717) is 11.8 Å². The van der Waals surface area contributed by atoms with Crippen molar-refractivity contribution < 1.29 is 10.2 Å². The maximum atomic E-state index is 12.4. The number of nitrogens with zero attached hydrogens (tertiary/aromatic N) is 2. The van der Waals surface area contributed by atoms with E-state index >= 15 is 0 Å². The molecule has 0 saturated heterocycles. The van der Waals surface area contributed by atoms with Gasteiger partial charge in [-0.15, -0.1) is 0 Å². The molecule has 5 heteroatoms. The number of aliphatic hydroxyl groups is 2. The predicted octanol–water partition coefficient (Wildman–Crippen LogP) is 3.99. The molecule has 2 N–H and O–H groups in total. The first kappa shape index (κ1) is 19.8. The summed E-state index contributed by atoms with van der Waals surface area (Å²) in [6.45, 7) is 5.70. The second kappa shape index (κ2) is 8.85. The highest BCUT2D eigenvalue weighted by atomic mass is 16.5. The molecule has 26 heavy (non-hydrogen) atoms. The second-order valence-corrected chi connectivity index (χ2v) is 8.72.